The quantitative estimate of drug-likeness (QED) is 0.475. The Morgan fingerprint density at radius 2 is 1.77 bits per heavy atom. The predicted molar refractivity (Wildman–Crippen MR) is 123 cm³/mol. The molecule has 0 spiro atoms. The summed E-state index contributed by atoms with van der Waals surface area (Å²) in [6.45, 7) is 5.75. The van der Waals surface area contributed by atoms with Crippen LogP contribution in [0.25, 0.3) is 0 Å². The van der Waals surface area contributed by atoms with Gasteiger partial charge < -0.3 is 5.32 Å². The van der Waals surface area contributed by atoms with E-state index in [-0.39, 0.29) is 6.04 Å². The molecule has 6 atom stereocenters. The fourth-order valence-electron chi connectivity index (χ4n) is 6.82. The van der Waals surface area contributed by atoms with Gasteiger partial charge in [-0.1, -0.05) is 19.3 Å². The number of sulfonamides is 1. The minimum atomic E-state index is -3.15. The highest BCUT2D eigenvalue weighted by atomic mass is 32.2. The molecule has 0 aromatic carbocycles. The fraction of sp³-hybridized carbons (Fsp3) is 1.00. The summed E-state index contributed by atoms with van der Waals surface area (Å²) in [5.74, 6) is 1.72. The van der Waals surface area contributed by atoms with Crippen LogP contribution in [0.4, 0.5) is 0 Å². The van der Waals surface area contributed by atoms with Crippen LogP contribution in [0, 0.1) is 17.8 Å². The SMILES string of the molecule is CS(=O)(=O)N1CC2NC(C3CCCCC3)NC(C3CCN(CC4CCCNC4)N3)C2C1. The molecule has 5 fully saturated rings. The lowest BCUT2D eigenvalue weighted by Crippen LogP contribution is -2.69. The zero-order chi connectivity index (χ0) is 21.4. The number of hydrogen-bond donors (Lipinski definition) is 4. The molecule has 4 N–H and O–H groups in total. The average Bonchev–Trinajstić information content (AvgIpc) is 3.41. The molecule has 4 aliphatic heterocycles. The fourth-order valence-corrected chi connectivity index (χ4v) is 7.69. The van der Waals surface area contributed by atoms with Gasteiger partial charge in [0.05, 0.1) is 12.4 Å². The maximum atomic E-state index is 12.3. The third-order valence-corrected chi connectivity index (χ3v) is 9.75. The molecule has 0 bridgehead atoms. The Labute approximate surface area is 188 Å². The first-order chi connectivity index (χ1) is 15.0. The summed E-state index contributed by atoms with van der Waals surface area (Å²) in [7, 11) is -3.15. The van der Waals surface area contributed by atoms with Gasteiger partial charge in [0.2, 0.25) is 10.0 Å². The average molecular weight is 455 g/mol. The van der Waals surface area contributed by atoms with Crippen molar-refractivity contribution in [3.05, 3.63) is 0 Å². The molecular weight excluding hydrogens is 412 g/mol. The minimum Gasteiger partial charge on any atom is -0.316 e. The van der Waals surface area contributed by atoms with Gasteiger partial charge in [-0.2, -0.15) is 0 Å². The van der Waals surface area contributed by atoms with E-state index in [1.165, 1.54) is 51.2 Å². The van der Waals surface area contributed by atoms with E-state index in [0.717, 1.165) is 38.5 Å². The topological polar surface area (TPSA) is 88.7 Å². The molecule has 4 heterocycles. The monoisotopic (exact) mass is 454 g/mol. The Hall–Kier alpha value is -0.290. The summed E-state index contributed by atoms with van der Waals surface area (Å²) in [6.07, 6.45) is 12.0. The Balaban J connectivity index is 1.27. The standard InChI is InChI=1S/C22H42N6O2S/c1-31(29,30)28-14-18-20(15-28)24-22(17-7-3-2-4-8-17)25-21(18)19-9-11-27(26-19)13-16-6-5-10-23-12-16/h16-26H,2-15H2,1H3. The normalized spacial score (nSPS) is 41.5. The summed E-state index contributed by atoms with van der Waals surface area (Å²) in [6, 6.07) is 0.961. The van der Waals surface area contributed by atoms with E-state index >= 15 is 0 Å². The summed E-state index contributed by atoms with van der Waals surface area (Å²) in [5.41, 5.74) is 3.84. The van der Waals surface area contributed by atoms with Crippen LogP contribution >= 0.6 is 0 Å². The van der Waals surface area contributed by atoms with Crippen molar-refractivity contribution in [1.82, 2.24) is 30.7 Å². The third kappa shape index (κ3) is 5.13. The van der Waals surface area contributed by atoms with Crippen molar-refractivity contribution in [2.45, 2.75) is 75.7 Å². The van der Waals surface area contributed by atoms with Gasteiger partial charge >= 0.3 is 0 Å². The Morgan fingerprint density at radius 1 is 0.935 bits per heavy atom. The van der Waals surface area contributed by atoms with E-state index in [2.05, 4.69) is 26.4 Å². The highest BCUT2D eigenvalue weighted by Crippen LogP contribution is 2.34. The molecule has 6 unspecified atom stereocenters. The third-order valence-electron chi connectivity index (χ3n) is 8.52. The Bertz CT molecular complexity index is 709. The van der Waals surface area contributed by atoms with E-state index in [0.29, 0.717) is 43.2 Å². The highest BCUT2D eigenvalue weighted by Gasteiger charge is 2.49. The Morgan fingerprint density at radius 3 is 2.52 bits per heavy atom. The van der Waals surface area contributed by atoms with Crippen molar-refractivity contribution in [3.63, 3.8) is 0 Å². The molecule has 0 radical (unpaired) electrons. The van der Waals surface area contributed by atoms with E-state index in [4.69, 9.17) is 0 Å². The van der Waals surface area contributed by atoms with Crippen LogP contribution in [0.2, 0.25) is 0 Å². The zero-order valence-electron chi connectivity index (χ0n) is 19.1. The summed E-state index contributed by atoms with van der Waals surface area (Å²) in [5, 5.41) is 13.8. The molecule has 4 saturated heterocycles. The maximum Gasteiger partial charge on any atom is 0.211 e. The van der Waals surface area contributed by atoms with Gasteiger partial charge in [-0.15, -0.1) is 0 Å². The number of hydrogen-bond acceptors (Lipinski definition) is 7. The van der Waals surface area contributed by atoms with Crippen molar-refractivity contribution in [2.24, 2.45) is 17.8 Å². The highest BCUT2D eigenvalue weighted by molar-refractivity contribution is 7.88. The van der Waals surface area contributed by atoms with Gasteiger partial charge in [0, 0.05) is 50.2 Å². The second-order valence-corrected chi connectivity index (χ2v) is 12.8. The van der Waals surface area contributed by atoms with Crippen molar-refractivity contribution in [3.8, 4) is 0 Å². The van der Waals surface area contributed by atoms with E-state index in [1.807, 2.05) is 0 Å². The number of piperidine rings is 1. The van der Waals surface area contributed by atoms with Crippen LogP contribution in [-0.4, -0.2) is 87.5 Å². The Kier molecular flexibility index (Phi) is 6.91. The molecule has 8 nitrogen and oxygen atoms in total. The molecule has 0 aromatic heterocycles. The van der Waals surface area contributed by atoms with Crippen molar-refractivity contribution < 1.29 is 8.42 Å². The number of nitrogens with zero attached hydrogens (tertiary/aromatic N) is 2. The largest absolute Gasteiger partial charge is 0.316 e. The smallest absolute Gasteiger partial charge is 0.211 e. The number of hydrazine groups is 1. The molecule has 5 aliphatic rings. The summed E-state index contributed by atoms with van der Waals surface area (Å²) >= 11 is 0. The first-order valence-corrected chi connectivity index (χ1v) is 14.5. The molecule has 0 aromatic rings. The second kappa shape index (κ2) is 9.52. The molecule has 31 heavy (non-hydrogen) atoms. The zero-order valence-corrected chi connectivity index (χ0v) is 19.9. The lowest BCUT2D eigenvalue weighted by Gasteiger charge is -2.46. The molecule has 5 rings (SSSR count). The number of fused-ring (bicyclic) bond motifs is 1. The minimum absolute atomic E-state index is 0.256. The van der Waals surface area contributed by atoms with Crippen molar-refractivity contribution in [1.29, 1.82) is 0 Å². The van der Waals surface area contributed by atoms with E-state index < -0.39 is 10.0 Å². The van der Waals surface area contributed by atoms with Crippen LogP contribution in [0.3, 0.4) is 0 Å². The van der Waals surface area contributed by atoms with Gasteiger partial charge in [-0.25, -0.2) is 17.7 Å². The molecule has 1 saturated carbocycles. The predicted octanol–water partition coefficient (Wildman–Crippen LogP) is 0.293. The van der Waals surface area contributed by atoms with Gasteiger partial charge in [0.1, 0.15) is 0 Å². The van der Waals surface area contributed by atoms with Crippen molar-refractivity contribution in [2.75, 3.05) is 45.5 Å². The van der Waals surface area contributed by atoms with Crippen molar-refractivity contribution >= 4 is 10.0 Å². The lowest BCUT2D eigenvalue weighted by atomic mass is 9.81. The van der Waals surface area contributed by atoms with E-state index in [1.54, 1.807) is 4.31 Å². The lowest BCUT2D eigenvalue weighted by molar-refractivity contribution is 0.0977. The maximum absolute atomic E-state index is 12.3. The molecule has 9 heteroatoms. The van der Waals surface area contributed by atoms with E-state index in [9.17, 15) is 8.42 Å². The number of nitrogens with one attached hydrogen (secondary N) is 4. The first kappa shape index (κ1) is 22.5. The van der Waals surface area contributed by atoms with Gasteiger partial charge in [-0.3, -0.25) is 16.1 Å². The molecule has 178 valence electrons. The van der Waals surface area contributed by atoms with Crippen LogP contribution in [0.1, 0.15) is 51.4 Å². The van der Waals surface area contributed by atoms with Gasteiger partial charge in [0.25, 0.3) is 0 Å². The van der Waals surface area contributed by atoms with Crippen LogP contribution in [0.15, 0.2) is 0 Å². The van der Waals surface area contributed by atoms with Crippen LogP contribution in [-0.2, 0) is 10.0 Å². The van der Waals surface area contributed by atoms with Gasteiger partial charge in [0.15, 0.2) is 0 Å². The van der Waals surface area contributed by atoms with Crippen LogP contribution in [0.5, 0.6) is 0 Å². The summed E-state index contributed by atoms with van der Waals surface area (Å²) < 4.78 is 26.3. The first-order valence-electron chi connectivity index (χ1n) is 12.7. The second-order valence-electron chi connectivity index (χ2n) is 10.8. The number of rotatable bonds is 5. The molecule has 1 aliphatic carbocycles. The van der Waals surface area contributed by atoms with Crippen LogP contribution < -0.4 is 21.4 Å². The summed E-state index contributed by atoms with van der Waals surface area (Å²) in [4.78, 5) is 0. The molecule has 0 amide bonds. The molecular formula is C22H42N6O2S. The van der Waals surface area contributed by atoms with Gasteiger partial charge in [-0.05, 0) is 57.0 Å².